The number of carbonyl (C=O) groups is 1. The molecule has 0 radical (unpaired) electrons. The lowest BCUT2D eigenvalue weighted by Crippen LogP contribution is -2.23. The molecule has 1 aliphatic rings. The Kier molecular flexibility index (Phi) is 3.91. The molecule has 0 N–H and O–H groups in total. The molecule has 25 heavy (non-hydrogen) atoms. The van der Waals surface area contributed by atoms with Crippen molar-refractivity contribution < 1.29 is 9.21 Å². The molecule has 1 aliphatic carbocycles. The number of Topliss-reactive ketones (excluding diaryl/α,β-unsaturated/α-hetero) is 1. The van der Waals surface area contributed by atoms with Crippen LogP contribution in [0.25, 0.3) is 11.1 Å². The van der Waals surface area contributed by atoms with Crippen LogP contribution in [-0.4, -0.2) is 10.8 Å². The van der Waals surface area contributed by atoms with Gasteiger partial charge in [-0.3, -0.25) is 4.79 Å². The van der Waals surface area contributed by atoms with Crippen LogP contribution in [0.4, 0.5) is 0 Å². The van der Waals surface area contributed by atoms with E-state index in [-0.39, 0.29) is 23.4 Å². The number of aromatic nitrogens is 1. The first kappa shape index (κ1) is 15.3. The molecule has 4 rings (SSSR count). The average molecular weight is 328 g/mol. The molecule has 3 aromatic rings. The summed E-state index contributed by atoms with van der Waals surface area (Å²) in [5, 5.41) is 8.80. The van der Waals surface area contributed by atoms with E-state index in [2.05, 4.69) is 35.3 Å². The van der Waals surface area contributed by atoms with E-state index in [1.807, 2.05) is 24.3 Å². The highest BCUT2D eigenvalue weighted by molar-refractivity contribution is 5.94. The molecule has 2 aromatic carbocycles. The summed E-state index contributed by atoms with van der Waals surface area (Å²) in [7, 11) is 0. The molecule has 0 unspecified atom stereocenters. The summed E-state index contributed by atoms with van der Waals surface area (Å²) in [6.07, 6.45) is 3.62. The number of aryl methyl sites for hydroxylation is 1. The summed E-state index contributed by atoms with van der Waals surface area (Å²) in [5.74, 6) is -0.127. The predicted molar refractivity (Wildman–Crippen MR) is 92.9 cm³/mol. The Bertz CT molecular complexity index is 967. The van der Waals surface area contributed by atoms with Gasteiger partial charge in [-0.05, 0) is 41.5 Å². The second kappa shape index (κ2) is 6.37. The highest BCUT2D eigenvalue weighted by atomic mass is 16.4. The lowest BCUT2D eigenvalue weighted by molar-refractivity contribution is 0.0872. The molecule has 4 heteroatoms. The van der Waals surface area contributed by atoms with Crippen LogP contribution in [0.15, 0.2) is 59.1 Å². The van der Waals surface area contributed by atoms with Gasteiger partial charge in [-0.1, -0.05) is 48.5 Å². The van der Waals surface area contributed by atoms with Crippen LogP contribution in [0.5, 0.6) is 0 Å². The van der Waals surface area contributed by atoms with Crippen molar-refractivity contribution in [3.63, 3.8) is 0 Å². The average Bonchev–Trinajstić information content (AvgIpc) is 3.16. The monoisotopic (exact) mass is 328 g/mol. The number of hydrogen-bond acceptors (Lipinski definition) is 4. The Morgan fingerprint density at radius 2 is 1.96 bits per heavy atom. The molecule has 4 nitrogen and oxygen atoms in total. The fourth-order valence-electron chi connectivity index (χ4n) is 3.40. The normalized spacial score (nSPS) is 16.0. The van der Waals surface area contributed by atoms with Gasteiger partial charge in [-0.15, -0.1) is 0 Å². The topological polar surface area (TPSA) is 66.9 Å². The first-order valence-corrected chi connectivity index (χ1v) is 8.32. The zero-order valence-corrected chi connectivity index (χ0v) is 13.6. The summed E-state index contributed by atoms with van der Waals surface area (Å²) < 4.78 is 5.19. The number of fused-ring (bicyclic) bond motifs is 1. The van der Waals surface area contributed by atoms with E-state index < -0.39 is 0 Å². The number of ketones is 1. The molecule has 0 fully saturated rings. The highest BCUT2D eigenvalue weighted by Crippen LogP contribution is 2.31. The fourth-order valence-corrected chi connectivity index (χ4v) is 3.40. The summed E-state index contributed by atoms with van der Waals surface area (Å²) in [5.41, 5.74) is 4.91. The van der Waals surface area contributed by atoms with Gasteiger partial charge < -0.3 is 4.42 Å². The minimum atomic E-state index is -0.139. The Morgan fingerprint density at radius 3 is 2.72 bits per heavy atom. The summed E-state index contributed by atoms with van der Waals surface area (Å²) in [4.78, 5) is 16.5. The van der Waals surface area contributed by atoms with Gasteiger partial charge >= 0.3 is 0 Å². The van der Waals surface area contributed by atoms with Gasteiger partial charge in [0.25, 0.3) is 5.89 Å². The van der Waals surface area contributed by atoms with Crippen LogP contribution in [0, 0.1) is 17.2 Å². The van der Waals surface area contributed by atoms with Crippen LogP contribution in [0.3, 0.4) is 0 Å². The third-order valence-electron chi connectivity index (χ3n) is 4.74. The zero-order valence-electron chi connectivity index (χ0n) is 13.6. The first-order chi connectivity index (χ1) is 12.2. The first-order valence-electron chi connectivity index (χ1n) is 8.32. The molecule has 1 atom stereocenters. The summed E-state index contributed by atoms with van der Waals surface area (Å²) in [6.45, 7) is 0. The van der Waals surface area contributed by atoms with E-state index in [1.54, 1.807) is 0 Å². The molecule has 0 aliphatic heterocycles. The molecule has 122 valence electrons. The van der Waals surface area contributed by atoms with Crippen molar-refractivity contribution in [2.24, 2.45) is 5.92 Å². The molecule has 1 aromatic heterocycles. The number of oxazole rings is 1. The molecule has 0 bridgehead atoms. The van der Waals surface area contributed by atoms with Crippen molar-refractivity contribution in [1.82, 2.24) is 4.98 Å². The van der Waals surface area contributed by atoms with Crippen molar-refractivity contribution in [3.8, 4) is 17.2 Å². The van der Waals surface area contributed by atoms with Gasteiger partial charge in [0.2, 0.25) is 11.5 Å². The highest BCUT2D eigenvalue weighted by Gasteiger charge is 2.28. The van der Waals surface area contributed by atoms with E-state index in [9.17, 15) is 4.79 Å². The largest absolute Gasteiger partial charge is 0.423 e. The second-order valence-electron chi connectivity index (χ2n) is 6.29. The van der Waals surface area contributed by atoms with Crippen LogP contribution in [0.2, 0.25) is 0 Å². The van der Waals surface area contributed by atoms with Crippen molar-refractivity contribution in [2.75, 3.05) is 0 Å². The maximum Gasteiger partial charge on any atom is 0.264 e. The summed E-state index contributed by atoms with van der Waals surface area (Å²) >= 11 is 0. The summed E-state index contributed by atoms with van der Waals surface area (Å²) in [6, 6.07) is 18.6. The van der Waals surface area contributed by atoms with Crippen LogP contribution >= 0.6 is 0 Å². The number of benzene rings is 2. The van der Waals surface area contributed by atoms with Gasteiger partial charge in [-0.25, -0.2) is 4.98 Å². The van der Waals surface area contributed by atoms with Crippen LogP contribution < -0.4 is 0 Å². The lowest BCUT2D eigenvalue weighted by Gasteiger charge is -2.23. The molecule has 0 spiro atoms. The number of carbonyl (C=O) groups excluding carboxylic acids is 1. The van der Waals surface area contributed by atoms with Gasteiger partial charge in [0, 0.05) is 5.92 Å². The zero-order chi connectivity index (χ0) is 17.2. The predicted octanol–water partition coefficient (Wildman–Crippen LogP) is 4.20. The van der Waals surface area contributed by atoms with E-state index in [0.29, 0.717) is 6.42 Å². The number of nitrogens with zero attached hydrogens (tertiary/aromatic N) is 2. The SMILES string of the molecule is N#Cc1cnc(C(=O)[C@H]2CCc3cc(-c4ccccc4)ccc3C2)o1. The van der Waals surface area contributed by atoms with Gasteiger partial charge in [0.05, 0.1) is 6.20 Å². The number of nitriles is 1. The van der Waals surface area contributed by atoms with Crippen molar-refractivity contribution >= 4 is 5.78 Å². The third kappa shape index (κ3) is 2.97. The molecule has 0 amide bonds. The maximum absolute atomic E-state index is 12.6. The lowest BCUT2D eigenvalue weighted by atomic mass is 9.80. The van der Waals surface area contributed by atoms with Crippen molar-refractivity contribution in [3.05, 3.63) is 77.5 Å². The van der Waals surface area contributed by atoms with Gasteiger partial charge in [-0.2, -0.15) is 5.26 Å². The second-order valence-corrected chi connectivity index (χ2v) is 6.29. The Morgan fingerprint density at radius 1 is 1.12 bits per heavy atom. The minimum absolute atomic E-state index is 0.0471. The number of hydrogen-bond donors (Lipinski definition) is 0. The fraction of sp³-hybridized carbons (Fsp3) is 0.190. The molecule has 1 heterocycles. The molecular formula is C21H16N2O2. The van der Waals surface area contributed by atoms with Crippen molar-refractivity contribution in [1.29, 1.82) is 5.26 Å². The molecule has 0 saturated heterocycles. The van der Waals surface area contributed by atoms with E-state index in [0.717, 1.165) is 12.8 Å². The molecule has 0 saturated carbocycles. The van der Waals surface area contributed by atoms with Gasteiger partial charge in [0.15, 0.2) is 0 Å². The standard InChI is InChI=1S/C21H16N2O2/c22-12-19-13-23-21(25-19)20(24)18-9-8-16-10-15(6-7-17(16)11-18)14-4-2-1-3-5-14/h1-7,10,13,18H,8-9,11H2/t18-/m0/s1. The van der Waals surface area contributed by atoms with E-state index >= 15 is 0 Å². The van der Waals surface area contributed by atoms with Crippen LogP contribution in [0.1, 0.15) is 34.0 Å². The smallest absolute Gasteiger partial charge is 0.264 e. The Hall–Kier alpha value is -3.19. The number of rotatable bonds is 3. The Labute approximate surface area is 145 Å². The molecular weight excluding hydrogens is 312 g/mol. The maximum atomic E-state index is 12.6. The minimum Gasteiger partial charge on any atom is -0.423 e. The van der Waals surface area contributed by atoms with E-state index in [1.165, 1.54) is 28.5 Å². The Balaban J connectivity index is 1.56. The van der Waals surface area contributed by atoms with Gasteiger partial charge in [0.1, 0.15) is 6.07 Å². The third-order valence-corrected chi connectivity index (χ3v) is 4.74. The van der Waals surface area contributed by atoms with E-state index in [4.69, 9.17) is 9.68 Å². The van der Waals surface area contributed by atoms with Crippen molar-refractivity contribution in [2.45, 2.75) is 19.3 Å². The van der Waals surface area contributed by atoms with Crippen LogP contribution in [-0.2, 0) is 12.8 Å². The quantitative estimate of drug-likeness (QED) is 0.676.